The number of carbonyl (C=O) groups is 1. The number of hydrazine groups is 1. The summed E-state index contributed by atoms with van der Waals surface area (Å²) in [4.78, 5) is 12.7. The van der Waals surface area contributed by atoms with Crippen LogP contribution in [0.2, 0.25) is 0 Å². The summed E-state index contributed by atoms with van der Waals surface area (Å²) in [5, 5.41) is 0.649. The first kappa shape index (κ1) is 12.5. The highest BCUT2D eigenvalue weighted by Gasteiger charge is 2.17. The van der Waals surface area contributed by atoms with Crippen LogP contribution < -0.4 is 11.3 Å². The van der Waals surface area contributed by atoms with E-state index in [0.717, 1.165) is 4.90 Å². The van der Waals surface area contributed by atoms with Gasteiger partial charge in [-0.25, -0.2) is 5.84 Å². The lowest BCUT2D eigenvalue weighted by atomic mass is 10.0. The maximum Gasteiger partial charge on any atom is 0.266 e. The lowest BCUT2D eigenvalue weighted by Gasteiger charge is -2.21. The Bertz CT molecular complexity index is 389. The van der Waals surface area contributed by atoms with E-state index in [1.54, 1.807) is 0 Å². The van der Waals surface area contributed by atoms with Gasteiger partial charge in [0.25, 0.3) is 5.91 Å². The Kier molecular flexibility index (Phi) is 4.45. The zero-order valence-corrected chi connectivity index (χ0v) is 10.6. The number of thioether (sulfide) groups is 1. The molecule has 1 aliphatic rings. The molecule has 1 amide bonds. The number of amides is 1. The summed E-state index contributed by atoms with van der Waals surface area (Å²) < 4.78 is 0. The highest BCUT2D eigenvalue weighted by molar-refractivity contribution is 8.00. The number of nitrogens with one attached hydrogen (secondary N) is 1. The fraction of sp³-hybridized carbons (Fsp3) is 0.462. The van der Waals surface area contributed by atoms with Crippen LogP contribution in [0.4, 0.5) is 0 Å². The van der Waals surface area contributed by atoms with Crippen LogP contribution in [-0.4, -0.2) is 11.2 Å². The van der Waals surface area contributed by atoms with Gasteiger partial charge in [0.15, 0.2) is 0 Å². The molecule has 1 fully saturated rings. The summed E-state index contributed by atoms with van der Waals surface area (Å²) in [6, 6.07) is 7.67. The van der Waals surface area contributed by atoms with E-state index in [9.17, 15) is 4.79 Å². The molecule has 0 atom stereocenters. The zero-order valence-electron chi connectivity index (χ0n) is 9.82. The quantitative estimate of drug-likeness (QED) is 0.492. The molecule has 1 aromatic carbocycles. The van der Waals surface area contributed by atoms with Crippen molar-refractivity contribution in [3.8, 4) is 0 Å². The molecule has 17 heavy (non-hydrogen) atoms. The predicted molar refractivity (Wildman–Crippen MR) is 70.8 cm³/mol. The van der Waals surface area contributed by atoms with Crippen LogP contribution in [0.1, 0.15) is 42.5 Å². The third kappa shape index (κ3) is 3.23. The molecule has 0 aliphatic heterocycles. The average Bonchev–Trinajstić information content (AvgIpc) is 2.40. The van der Waals surface area contributed by atoms with Gasteiger partial charge in [-0.1, -0.05) is 31.4 Å². The van der Waals surface area contributed by atoms with Crippen molar-refractivity contribution in [1.29, 1.82) is 0 Å². The van der Waals surface area contributed by atoms with Gasteiger partial charge < -0.3 is 0 Å². The summed E-state index contributed by atoms with van der Waals surface area (Å²) in [6.45, 7) is 0. The normalized spacial score (nSPS) is 16.8. The summed E-state index contributed by atoms with van der Waals surface area (Å²) in [5.41, 5.74) is 2.89. The van der Waals surface area contributed by atoms with Crippen LogP contribution in [0.5, 0.6) is 0 Å². The van der Waals surface area contributed by atoms with Gasteiger partial charge in [0, 0.05) is 10.1 Å². The van der Waals surface area contributed by atoms with Crippen LogP contribution >= 0.6 is 11.8 Å². The van der Waals surface area contributed by atoms with Crippen LogP contribution in [-0.2, 0) is 0 Å². The van der Waals surface area contributed by atoms with E-state index in [-0.39, 0.29) is 5.91 Å². The molecule has 0 bridgehead atoms. The second-order valence-electron chi connectivity index (χ2n) is 4.35. The van der Waals surface area contributed by atoms with E-state index in [0.29, 0.717) is 10.8 Å². The summed E-state index contributed by atoms with van der Waals surface area (Å²) in [5.74, 6) is 4.99. The van der Waals surface area contributed by atoms with Crippen LogP contribution in [0.3, 0.4) is 0 Å². The molecule has 0 saturated heterocycles. The topological polar surface area (TPSA) is 55.1 Å². The molecule has 2 rings (SSSR count). The minimum absolute atomic E-state index is 0.205. The standard InChI is InChI=1S/C13H18N2OS/c14-15-13(16)11-8-4-5-9-12(11)17-10-6-2-1-3-7-10/h4-5,8-10H,1-3,6-7,14H2,(H,15,16). The van der Waals surface area contributed by atoms with Gasteiger partial charge in [-0.15, -0.1) is 11.8 Å². The fourth-order valence-electron chi connectivity index (χ4n) is 2.20. The number of nitrogen functional groups attached to an aromatic ring is 1. The summed E-state index contributed by atoms with van der Waals surface area (Å²) in [6.07, 6.45) is 6.47. The molecular formula is C13H18N2OS. The van der Waals surface area contributed by atoms with Gasteiger partial charge in [0.05, 0.1) is 5.56 Å². The van der Waals surface area contributed by atoms with Gasteiger partial charge in [0.2, 0.25) is 0 Å². The molecule has 1 aromatic rings. The van der Waals surface area contributed by atoms with E-state index in [2.05, 4.69) is 5.43 Å². The molecule has 0 unspecified atom stereocenters. The maximum absolute atomic E-state index is 11.6. The van der Waals surface area contributed by atoms with Gasteiger partial charge in [-0.05, 0) is 25.0 Å². The van der Waals surface area contributed by atoms with Gasteiger partial charge in [-0.2, -0.15) is 0 Å². The third-order valence-electron chi connectivity index (χ3n) is 3.11. The maximum atomic E-state index is 11.6. The lowest BCUT2D eigenvalue weighted by molar-refractivity contribution is 0.0950. The van der Waals surface area contributed by atoms with Crippen molar-refractivity contribution in [2.75, 3.05) is 0 Å². The second kappa shape index (κ2) is 6.07. The summed E-state index contributed by atoms with van der Waals surface area (Å²) in [7, 11) is 0. The monoisotopic (exact) mass is 250 g/mol. The van der Waals surface area contributed by atoms with Crippen molar-refractivity contribution >= 4 is 17.7 Å². The number of hydrogen-bond acceptors (Lipinski definition) is 3. The SMILES string of the molecule is NNC(=O)c1ccccc1SC1CCCCC1. The minimum atomic E-state index is -0.205. The van der Waals surface area contributed by atoms with Crippen LogP contribution in [0.15, 0.2) is 29.2 Å². The van der Waals surface area contributed by atoms with Crippen molar-refractivity contribution in [3.05, 3.63) is 29.8 Å². The molecule has 1 saturated carbocycles. The Morgan fingerprint density at radius 2 is 1.94 bits per heavy atom. The minimum Gasteiger partial charge on any atom is -0.290 e. The molecule has 0 aromatic heterocycles. The highest BCUT2D eigenvalue weighted by Crippen LogP contribution is 2.35. The number of rotatable bonds is 3. The average molecular weight is 250 g/mol. The Morgan fingerprint density at radius 3 is 2.65 bits per heavy atom. The van der Waals surface area contributed by atoms with Crippen molar-refractivity contribution in [1.82, 2.24) is 5.43 Å². The van der Waals surface area contributed by atoms with Crippen molar-refractivity contribution in [3.63, 3.8) is 0 Å². The molecule has 4 heteroatoms. The first-order valence-electron chi connectivity index (χ1n) is 6.08. The first-order valence-corrected chi connectivity index (χ1v) is 6.96. The Balaban J connectivity index is 2.11. The number of carbonyl (C=O) groups excluding carboxylic acids is 1. The lowest BCUT2D eigenvalue weighted by Crippen LogP contribution is -2.30. The molecule has 3 nitrogen and oxygen atoms in total. The van der Waals surface area contributed by atoms with Gasteiger partial charge in [-0.3, -0.25) is 10.2 Å². The van der Waals surface area contributed by atoms with Crippen molar-refractivity contribution in [2.24, 2.45) is 5.84 Å². The van der Waals surface area contributed by atoms with Gasteiger partial charge in [0.1, 0.15) is 0 Å². The molecular weight excluding hydrogens is 232 g/mol. The van der Waals surface area contributed by atoms with E-state index >= 15 is 0 Å². The van der Waals surface area contributed by atoms with E-state index in [1.807, 2.05) is 36.0 Å². The van der Waals surface area contributed by atoms with E-state index in [1.165, 1.54) is 32.1 Å². The van der Waals surface area contributed by atoms with Crippen molar-refractivity contribution < 1.29 is 4.79 Å². The molecule has 0 heterocycles. The van der Waals surface area contributed by atoms with E-state index < -0.39 is 0 Å². The Labute approximate surface area is 106 Å². The number of hydrogen-bond donors (Lipinski definition) is 2. The molecule has 92 valence electrons. The van der Waals surface area contributed by atoms with E-state index in [4.69, 9.17) is 5.84 Å². The second-order valence-corrected chi connectivity index (χ2v) is 5.69. The highest BCUT2D eigenvalue weighted by atomic mass is 32.2. The predicted octanol–water partition coefficient (Wildman–Crippen LogP) is 2.71. The van der Waals surface area contributed by atoms with Crippen LogP contribution in [0.25, 0.3) is 0 Å². The fourth-order valence-corrected chi connectivity index (χ4v) is 3.57. The number of nitrogens with two attached hydrogens (primary N) is 1. The largest absolute Gasteiger partial charge is 0.290 e. The summed E-state index contributed by atoms with van der Waals surface area (Å²) >= 11 is 1.82. The van der Waals surface area contributed by atoms with Crippen LogP contribution in [0, 0.1) is 0 Å². The smallest absolute Gasteiger partial charge is 0.266 e. The number of benzene rings is 1. The molecule has 0 spiro atoms. The van der Waals surface area contributed by atoms with Crippen molar-refractivity contribution in [2.45, 2.75) is 42.2 Å². The molecule has 3 N–H and O–H groups in total. The molecule has 0 radical (unpaired) electrons. The molecule has 1 aliphatic carbocycles. The third-order valence-corrected chi connectivity index (χ3v) is 4.52. The Morgan fingerprint density at radius 1 is 1.24 bits per heavy atom. The van der Waals surface area contributed by atoms with Gasteiger partial charge >= 0.3 is 0 Å². The first-order chi connectivity index (χ1) is 8.31. The zero-order chi connectivity index (χ0) is 12.1. The Hall–Kier alpha value is -1.00.